The summed E-state index contributed by atoms with van der Waals surface area (Å²) in [6.45, 7) is 2.09. The molecule has 0 spiro atoms. The Bertz CT molecular complexity index is 666. The topological polar surface area (TPSA) is 37.9 Å². The fourth-order valence-corrected chi connectivity index (χ4v) is 3.08. The Kier molecular flexibility index (Phi) is 3.91. The third-order valence-corrected chi connectivity index (χ3v) is 4.58. The summed E-state index contributed by atoms with van der Waals surface area (Å²) in [5.41, 5.74) is 4.52. The van der Waals surface area contributed by atoms with E-state index in [0.717, 1.165) is 29.9 Å². The molecule has 1 atom stereocenters. The molecule has 2 aliphatic rings. The second-order valence-corrected chi connectivity index (χ2v) is 6.22. The largest absolute Gasteiger partial charge is 0.374 e. The minimum Gasteiger partial charge on any atom is -0.374 e. The van der Waals surface area contributed by atoms with Crippen molar-refractivity contribution in [1.29, 1.82) is 0 Å². The zero-order valence-electron chi connectivity index (χ0n) is 12.4. The molecular formula is C17H20N2OS. The van der Waals surface area contributed by atoms with Crippen molar-refractivity contribution in [3.63, 3.8) is 0 Å². The number of hydrogen-bond acceptors (Lipinski definition) is 3. The van der Waals surface area contributed by atoms with Crippen LogP contribution in [0.15, 0.2) is 47.1 Å². The van der Waals surface area contributed by atoms with E-state index in [1.807, 2.05) is 12.3 Å². The minimum absolute atomic E-state index is 0.244. The number of allylic oxidation sites excluding steroid dienone is 6. The molecule has 2 aliphatic carbocycles. The van der Waals surface area contributed by atoms with E-state index in [1.165, 1.54) is 16.7 Å². The van der Waals surface area contributed by atoms with Crippen molar-refractivity contribution in [2.45, 2.75) is 31.8 Å². The Morgan fingerprint density at radius 2 is 2.38 bits per heavy atom. The van der Waals surface area contributed by atoms with Crippen molar-refractivity contribution in [3.05, 3.63) is 58.3 Å². The third kappa shape index (κ3) is 2.92. The fourth-order valence-electron chi connectivity index (χ4n) is 2.79. The lowest BCUT2D eigenvalue weighted by molar-refractivity contribution is 0.0487. The molecule has 0 saturated heterocycles. The Morgan fingerprint density at radius 3 is 3.19 bits per heavy atom. The number of rotatable bonds is 3. The second kappa shape index (κ2) is 5.70. The van der Waals surface area contributed by atoms with Crippen molar-refractivity contribution in [3.8, 4) is 0 Å². The molecule has 0 unspecified atom stereocenters. The standard InChI is InChI=1S/C17H20N2OS/c1-17(20-2)8-4-7-13(10-17)15(21)9-12-5-3-6-14-11-18-19-16(12)14/h4-5,7-9,11,21H,3,6,10H2,1-2H3,(H,18,19)/b15-9-/t17-/m0/s1. The van der Waals surface area contributed by atoms with E-state index in [1.54, 1.807) is 7.11 Å². The van der Waals surface area contributed by atoms with Gasteiger partial charge in [0.2, 0.25) is 0 Å². The zero-order valence-corrected chi connectivity index (χ0v) is 13.3. The van der Waals surface area contributed by atoms with Crippen LogP contribution in [0.3, 0.4) is 0 Å². The van der Waals surface area contributed by atoms with Gasteiger partial charge in [0.05, 0.1) is 17.5 Å². The number of nitrogens with one attached hydrogen (secondary N) is 1. The van der Waals surface area contributed by atoms with Gasteiger partial charge in [-0.15, -0.1) is 12.6 Å². The van der Waals surface area contributed by atoms with Gasteiger partial charge in [-0.1, -0.05) is 24.3 Å². The molecule has 0 aromatic carbocycles. The highest BCUT2D eigenvalue weighted by Crippen LogP contribution is 2.34. The number of aromatic amines is 1. The van der Waals surface area contributed by atoms with E-state index in [9.17, 15) is 0 Å². The molecule has 0 fully saturated rings. The molecule has 3 rings (SSSR count). The van der Waals surface area contributed by atoms with Gasteiger partial charge in [0.25, 0.3) is 0 Å². The van der Waals surface area contributed by atoms with Crippen LogP contribution >= 0.6 is 12.6 Å². The van der Waals surface area contributed by atoms with Crippen LogP contribution in [0, 0.1) is 0 Å². The molecule has 0 amide bonds. The van der Waals surface area contributed by atoms with Crippen LogP contribution in [0.5, 0.6) is 0 Å². The summed E-state index contributed by atoms with van der Waals surface area (Å²) in [6, 6.07) is 0. The molecule has 0 bridgehead atoms. The highest BCUT2D eigenvalue weighted by molar-refractivity contribution is 7.84. The summed E-state index contributed by atoms with van der Waals surface area (Å²) in [6.07, 6.45) is 15.5. The van der Waals surface area contributed by atoms with E-state index in [4.69, 9.17) is 17.4 Å². The van der Waals surface area contributed by atoms with Gasteiger partial charge in [-0.25, -0.2) is 0 Å². The number of H-pyrrole nitrogens is 1. The maximum Gasteiger partial charge on any atom is 0.0874 e. The molecule has 110 valence electrons. The Hall–Kier alpha value is -1.52. The summed E-state index contributed by atoms with van der Waals surface area (Å²) in [5.74, 6) is 0. The third-order valence-electron chi connectivity index (χ3n) is 4.16. The summed E-state index contributed by atoms with van der Waals surface area (Å²) >= 11 is 4.70. The van der Waals surface area contributed by atoms with Crippen molar-refractivity contribution in [2.24, 2.45) is 0 Å². The highest BCUT2D eigenvalue weighted by atomic mass is 32.1. The van der Waals surface area contributed by atoms with Gasteiger partial charge >= 0.3 is 0 Å². The van der Waals surface area contributed by atoms with E-state index in [-0.39, 0.29) is 5.60 Å². The Labute approximate surface area is 130 Å². The molecule has 1 aromatic rings. The lowest BCUT2D eigenvalue weighted by atomic mass is 9.90. The molecule has 0 radical (unpaired) electrons. The van der Waals surface area contributed by atoms with Crippen molar-refractivity contribution >= 4 is 18.2 Å². The molecule has 0 saturated carbocycles. The molecule has 4 heteroatoms. The highest BCUT2D eigenvalue weighted by Gasteiger charge is 2.25. The first-order valence-electron chi connectivity index (χ1n) is 7.19. The number of fused-ring (bicyclic) bond motifs is 1. The number of aryl methyl sites for hydroxylation is 1. The normalized spacial score (nSPS) is 25.4. The predicted octanol–water partition coefficient (Wildman–Crippen LogP) is 3.84. The van der Waals surface area contributed by atoms with Crippen LogP contribution < -0.4 is 0 Å². The first kappa shape index (κ1) is 14.4. The predicted molar refractivity (Wildman–Crippen MR) is 89.2 cm³/mol. The first-order valence-corrected chi connectivity index (χ1v) is 7.63. The van der Waals surface area contributed by atoms with Crippen LogP contribution in [-0.2, 0) is 11.2 Å². The smallest absolute Gasteiger partial charge is 0.0874 e. The number of aromatic nitrogens is 2. The average Bonchev–Trinajstić information content (AvgIpc) is 2.97. The monoisotopic (exact) mass is 300 g/mol. The summed E-state index contributed by atoms with van der Waals surface area (Å²) in [4.78, 5) is 0.983. The molecule has 3 nitrogen and oxygen atoms in total. The van der Waals surface area contributed by atoms with Crippen molar-refractivity contribution in [2.75, 3.05) is 7.11 Å². The van der Waals surface area contributed by atoms with Crippen molar-refractivity contribution < 1.29 is 4.74 Å². The number of methoxy groups -OCH3 is 1. The first-order chi connectivity index (χ1) is 10.1. The summed E-state index contributed by atoms with van der Waals surface area (Å²) in [5, 5.41) is 7.23. The maximum absolute atomic E-state index is 5.57. The number of thiol groups is 1. The van der Waals surface area contributed by atoms with Crippen molar-refractivity contribution in [1.82, 2.24) is 10.2 Å². The Balaban J connectivity index is 1.86. The minimum atomic E-state index is -0.244. The van der Waals surface area contributed by atoms with Gasteiger partial charge in [0.1, 0.15) is 0 Å². The van der Waals surface area contributed by atoms with Crippen LogP contribution in [0.1, 0.15) is 31.0 Å². The van der Waals surface area contributed by atoms with Crippen LogP contribution in [0.4, 0.5) is 0 Å². The molecule has 21 heavy (non-hydrogen) atoms. The van der Waals surface area contributed by atoms with Crippen LogP contribution in [0.2, 0.25) is 0 Å². The summed E-state index contributed by atoms with van der Waals surface area (Å²) in [7, 11) is 1.75. The second-order valence-electron chi connectivity index (χ2n) is 5.74. The van der Waals surface area contributed by atoms with Gasteiger partial charge < -0.3 is 4.74 Å². The van der Waals surface area contributed by atoms with Crippen LogP contribution in [-0.4, -0.2) is 22.9 Å². The average molecular weight is 300 g/mol. The molecule has 1 N–H and O–H groups in total. The fraction of sp³-hybridized carbons (Fsp3) is 0.353. The molecule has 1 aromatic heterocycles. The quantitative estimate of drug-likeness (QED) is 0.832. The summed E-state index contributed by atoms with van der Waals surface area (Å²) < 4.78 is 5.57. The Morgan fingerprint density at radius 1 is 1.52 bits per heavy atom. The molecular weight excluding hydrogens is 280 g/mol. The van der Waals surface area contributed by atoms with Gasteiger partial charge in [-0.2, -0.15) is 5.10 Å². The van der Waals surface area contributed by atoms with Gasteiger partial charge in [-0.05, 0) is 42.6 Å². The van der Waals surface area contributed by atoms with E-state index < -0.39 is 0 Å². The van der Waals surface area contributed by atoms with Gasteiger partial charge in [0.15, 0.2) is 0 Å². The van der Waals surface area contributed by atoms with E-state index >= 15 is 0 Å². The lowest BCUT2D eigenvalue weighted by Crippen LogP contribution is -2.26. The zero-order chi connectivity index (χ0) is 14.9. The number of nitrogens with zero attached hydrogens (tertiary/aromatic N) is 1. The number of hydrogen-bond donors (Lipinski definition) is 2. The van der Waals surface area contributed by atoms with E-state index in [0.29, 0.717) is 0 Å². The molecule has 1 heterocycles. The van der Waals surface area contributed by atoms with E-state index in [2.05, 4.69) is 41.4 Å². The SMILES string of the molecule is CO[C@@]1(C)C=CC=C(/C(S)=C/C2=CCCc3cn[nH]c32)C1. The van der Waals surface area contributed by atoms with Gasteiger partial charge in [-0.3, -0.25) is 5.10 Å². The number of ether oxygens (including phenoxy) is 1. The lowest BCUT2D eigenvalue weighted by Gasteiger charge is -2.28. The molecule has 0 aliphatic heterocycles. The maximum atomic E-state index is 5.57. The van der Waals surface area contributed by atoms with Gasteiger partial charge in [0, 0.05) is 18.4 Å². The van der Waals surface area contributed by atoms with Crippen LogP contribution in [0.25, 0.3) is 5.57 Å².